The summed E-state index contributed by atoms with van der Waals surface area (Å²) in [5, 5.41) is 15.6. The van der Waals surface area contributed by atoms with E-state index in [2.05, 4.69) is 10.6 Å². The number of rotatable bonds is 9. The van der Waals surface area contributed by atoms with Gasteiger partial charge in [0, 0.05) is 23.9 Å². The molecule has 1 aromatic carbocycles. The van der Waals surface area contributed by atoms with Gasteiger partial charge >= 0.3 is 5.97 Å². The van der Waals surface area contributed by atoms with Crippen molar-refractivity contribution in [2.24, 2.45) is 5.92 Å². The average molecular weight is 367 g/mol. The molecule has 2 rings (SSSR count). The molecule has 0 radical (unpaired) electrons. The van der Waals surface area contributed by atoms with Crippen molar-refractivity contribution in [3.63, 3.8) is 0 Å². The quantitative estimate of drug-likeness (QED) is 0.585. The van der Waals surface area contributed by atoms with Crippen LogP contribution in [0.3, 0.4) is 0 Å². The van der Waals surface area contributed by atoms with Gasteiger partial charge in [-0.15, -0.1) is 0 Å². The van der Waals surface area contributed by atoms with E-state index in [0.29, 0.717) is 23.6 Å². The van der Waals surface area contributed by atoms with Crippen LogP contribution in [0, 0.1) is 5.92 Å². The molecule has 1 saturated carbocycles. The lowest BCUT2D eigenvalue weighted by atomic mass is 9.87. The summed E-state index contributed by atoms with van der Waals surface area (Å²) >= 11 is 5.86. The lowest BCUT2D eigenvalue weighted by Crippen LogP contribution is -2.51. The molecule has 3 N–H and O–H groups in total. The van der Waals surface area contributed by atoms with Crippen molar-refractivity contribution in [2.75, 3.05) is 6.54 Å². The van der Waals surface area contributed by atoms with Gasteiger partial charge in [-0.05, 0) is 43.4 Å². The van der Waals surface area contributed by atoms with Crippen LogP contribution in [-0.2, 0) is 19.9 Å². The minimum Gasteiger partial charge on any atom is -0.479 e. The van der Waals surface area contributed by atoms with Gasteiger partial charge in [0.2, 0.25) is 11.8 Å². The molecule has 2 amide bonds. The number of nitrogens with one attached hydrogen (secondary N) is 2. The van der Waals surface area contributed by atoms with Gasteiger partial charge in [0.05, 0.1) is 0 Å². The molecule has 0 heterocycles. The largest absolute Gasteiger partial charge is 0.479 e. The normalized spacial score (nSPS) is 15.9. The number of carbonyl (C=O) groups excluding carboxylic acids is 2. The Labute approximate surface area is 151 Å². The van der Waals surface area contributed by atoms with E-state index >= 15 is 0 Å². The molecule has 0 aliphatic heterocycles. The SMILES string of the molecule is CCC(NC(=O)CCCNC(=O)C1CC1)(C(=O)O)c1ccc(Cl)cc1. The maximum absolute atomic E-state index is 12.2. The number of benzene rings is 1. The van der Waals surface area contributed by atoms with Crippen molar-refractivity contribution in [1.82, 2.24) is 10.6 Å². The van der Waals surface area contributed by atoms with Crippen molar-refractivity contribution in [2.45, 2.75) is 44.6 Å². The fourth-order valence-corrected chi connectivity index (χ4v) is 2.80. The number of carboxylic acid groups (broad SMARTS) is 1. The Kier molecular flexibility index (Phi) is 6.42. The highest BCUT2D eigenvalue weighted by Crippen LogP contribution is 2.29. The third-order valence-corrected chi connectivity index (χ3v) is 4.67. The third-order valence-electron chi connectivity index (χ3n) is 4.41. The molecule has 1 aliphatic carbocycles. The minimum absolute atomic E-state index is 0.0370. The van der Waals surface area contributed by atoms with E-state index in [1.165, 1.54) is 0 Å². The molecule has 1 unspecified atom stereocenters. The zero-order valence-electron chi connectivity index (χ0n) is 14.2. The standard InChI is InChI=1S/C18H23ClN2O4/c1-2-18(17(24)25,13-7-9-14(19)10-8-13)21-15(22)4-3-11-20-16(23)12-5-6-12/h7-10,12H,2-6,11H2,1H3,(H,20,23)(H,21,22)(H,24,25). The van der Waals surface area contributed by atoms with Crippen LogP contribution in [-0.4, -0.2) is 29.4 Å². The van der Waals surface area contributed by atoms with Crippen molar-refractivity contribution in [1.29, 1.82) is 0 Å². The molecule has 1 atom stereocenters. The number of hydrogen-bond acceptors (Lipinski definition) is 3. The van der Waals surface area contributed by atoms with E-state index in [4.69, 9.17) is 11.6 Å². The highest BCUT2D eigenvalue weighted by Gasteiger charge is 2.40. The lowest BCUT2D eigenvalue weighted by molar-refractivity contribution is -0.148. The number of aliphatic carboxylic acids is 1. The molecule has 1 fully saturated rings. The zero-order chi connectivity index (χ0) is 18.4. The topological polar surface area (TPSA) is 95.5 Å². The first-order valence-corrected chi connectivity index (χ1v) is 8.85. The second-order valence-electron chi connectivity index (χ2n) is 6.29. The second kappa shape index (κ2) is 8.34. The Bertz CT molecular complexity index is 643. The predicted molar refractivity (Wildman–Crippen MR) is 94.2 cm³/mol. The van der Waals surface area contributed by atoms with E-state index in [1.807, 2.05) is 0 Å². The van der Waals surface area contributed by atoms with Gasteiger partial charge in [0.15, 0.2) is 5.54 Å². The highest BCUT2D eigenvalue weighted by atomic mass is 35.5. The van der Waals surface area contributed by atoms with E-state index < -0.39 is 11.5 Å². The molecular formula is C18H23ClN2O4. The summed E-state index contributed by atoms with van der Waals surface area (Å²) in [7, 11) is 0. The Morgan fingerprint density at radius 3 is 2.40 bits per heavy atom. The number of carboxylic acids is 1. The van der Waals surface area contributed by atoms with Gasteiger partial charge < -0.3 is 15.7 Å². The zero-order valence-corrected chi connectivity index (χ0v) is 14.9. The van der Waals surface area contributed by atoms with E-state index in [-0.39, 0.29) is 30.6 Å². The van der Waals surface area contributed by atoms with Crippen LogP contribution < -0.4 is 10.6 Å². The fourth-order valence-electron chi connectivity index (χ4n) is 2.68. The minimum atomic E-state index is -1.49. The van der Waals surface area contributed by atoms with E-state index in [0.717, 1.165) is 12.8 Å². The number of amides is 2. The van der Waals surface area contributed by atoms with Crippen molar-refractivity contribution < 1.29 is 19.5 Å². The molecule has 25 heavy (non-hydrogen) atoms. The summed E-state index contributed by atoms with van der Waals surface area (Å²) < 4.78 is 0. The van der Waals surface area contributed by atoms with Crippen LogP contribution in [0.15, 0.2) is 24.3 Å². The van der Waals surface area contributed by atoms with Gasteiger partial charge in [-0.3, -0.25) is 9.59 Å². The van der Waals surface area contributed by atoms with Crippen LogP contribution in [0.5, 0.6) is 0 Å². The predicted octanol–water partition coefficient (Wildman–Crippen LogP) is 2.45. The Morgan fingerprint density at radius 1 is 1.24 bits per heavy atom. The van der Waals surface area contributed by atoms with Crippen molar-refractivity contribution in [3.8, 4) is 0 Å². The molecule has 1 aliphatic rings. The summed E-state index contributed by atoms with van der Waals surface area (Å²) in [6.45, 7) is 2.12. The molecule has 0 saturated heterocycles. The van der Waals surface area contributed by atoms with Gasteiger partial charge in [-0.1, -0.05) is 30.7 Å². The first kappa shape index (κ1) is 19.2. The van der Waals surface area contributed by atoms with Gasteiger partial charge in [0.1, 0.15) is 0 Å². The fraction of sp³-hybridized carbons (Fsp3) is 0.500. The third kappa shape index (κ3) is 4.95. The highest BCUT2D eigenvalue weighted by molar-refractivity contribution is 6.30. The Hall–Kier alpha value is -2.08. The molecule has 1 aromatic rings. The molecule has 0 aromatic heterocycles. The molecule has 6 nitrogen and oxygen atoms in total. The molecule has 0 bridgehead atoms. The van der Waals surface area contributed by atoms with Gasteiger partial charge in [0.25, 0.3) is 0 Å². The smallest absolute Gasteiger partial charge is 0.334 e. The monoisotopic (exact) mass is 366 g/mol. The van der Waals surface area contributed by atoms with Crippen LogP contribution in [0.25, 0.3) is 0 Å². The summed E-state index contributed by atoms with van der Waals surface area (Å²) in [6, 6.07) is 6.42. The summed E-state index contributed by atoms with van der Waals surface area (Å²) in [5.41, 5.74) is -1.01. The Morgan fingerprint density at radius 2 is 1.88 bits per heavy atom. The number of hydrogen-bond donors (Lipinski definition) is 3. The molecular weight excluding hydrogens is 344 g/mol. The van der Waals surface area contributed by atoms with Crippen LogP contribution in [0.1, 0.15) is 44.6 Å². The van der Waals surface area contributed by atoms with E-state index in [9.17, 15) is 19.5 Å². The van der Waals surface area contributed by atoms with Crippen molar-refractivity contribution in [3.05, 3.63) is 34.9 Å². The Balaban J connectivity index is 1.94. The van der Waals surface area contributed by atoms with Crippen LogP contribution in [0.4, 0.5) is 0 Å². The molecule has 136 valence electrons. The second-order valence-corrected chi connectivity index (χ2v) is 6.72. The van der Waals surface area contributed by atoms with Crippen molar-refractivity contribution >= 4 is 29.4 Å². The number of halogens is 1. The summed E-state index contributed by atoms with van der Waals surface area (Å²) in [6.07, 6.45) is 2.68. The number of carbonyl (C=O) groups is 3. The van der Waals surface area contributed by atoms with Gasteiger partial charge in [-0.2, -0.15) is 0 Å². The van der Waals surface area contributed by atoms with E-state index in [1.54, 1.807) is 31.2 Å². The van der Waals surface area contributed by atoms with Crippen LogP contribution in [0.2, 0.25) is 5.02 Å². The molecule has 7 heteroatoms. The summed E-state index contributed by atoms with van der Waals surface area (Å²) in [4.78, 5) is 35.6. The first-order chi connectivity index (χ1) is 11.9. The van der Waals surface area contributed by atoms with Gasteiger partial charge in [-0.25, -0.2) is 4.79 Å². The maximum Gasteiger partial charge on any atom is 0.334 e. The maximum atomic E-state index is 12.2. The lowest BCUT2D eigenvalue weighted by Gasteiger charge is -2.30. The first-order valence-electron chi connectivity index (χ1n) is 8.47. The summed E-state index contributed by atoms with van der Waals surface area (Å²) in [5.74, 6) is -1.30. The van der Waals surface area contributed by atoms with Crippen LogP contribution >= 0.6 is 11.6 Å². The average Bonchev–Trinajstić information content (AvgIpc) is 3.42. The molecule has 0 spiro atoms.